The molecule has 0 saturated carbocycles. The van der Waals surface area contributed by atoms with Gasteiger partial charge in [-0.05, 0) is 31.4 Å². The van der Waals surface area contributed by atoms with E-state index in [1.54, 1.807) is 18.2 Å². The lowest BCUT2D eigenvalue weighted by molar-refractivity contribution is 0.0900. The summed E-state index contributed by atoms with van der Waals surface area (Å²) in [7, 11) is 0. The van der Waals surface area contributed by atoms with Crippen molar-refractivity contribution in [3.8, 4) is 0 Å². The fraction of sp³-hybridized carbons (Fsp3) is 0.296. The Kier molecular flexibility index (Phi) is 6.01. The van der Waals surface area contributed by atoms with Gasteiger partial charge in [0, 0.05) is 43.4 Å². The van der Waals surface area contributed by atoms with Gasteiger partial charge in [0.1, 0.15) is 17.3 Å². The third-order valence-corrected chi connectivity index (χ3v) is 6.40. The molecule has 2 aromatic carbocycles. The molecule has 0 radical (unpaired) electrons. The van der Waals surface area contributed by atoms with E-state index < -0.39 is 0 Å². The van der Waals surface area contributed by atoms with Gasteiger partial charge in [-0.25, -0.2) is 4.39 Å². The maximum atomic E-state index is 14.3. The zero-order valence-electron chi connectivity index (χ0n) is 18.8. The number of piperidine rings is 1. The summed E-state index contributed by atoms with van der Waals surface area (Å²) in [6.45, 7) is 4.96. The summed E-state index contributed by atoms with van der Waals surface area (Å²) in [5, 5.41) is 3.20. The Labute approximate surface area is 192 Å². The zero-order chi connectivity index (χ0) is 22.8. The first kappa shape index (κ1) is 21.5. The summed E-state index contributed by atoms with van der Waals surface area (Å²) in [6, 6.07) is 20.9. The van der Waals surface area contributed by atoms with Crippen LogP contribution in [0.4, 0.5) is 4.39 Å². The van der Waals surface area contributed by atoms with Crippen LogP contribution in [0.2, 0.25) is 0 Å². The number of carbonyl (C=O) groups is 1. The third kappa shape index (κ3) is 4.71. The summed E-state index contributed by atoms with van der Waals surface area (Å²) >= 11 is 0. The standard InChI is InChI=1S/C27H28FN3O2/c1-19-15-24-26(33-19)16-25(31(24)18-21-9-5-6-10-23(21)28)27(32)29-22-11-13-30(14-12-22)17-20-7-3-2-4-8-20/h2-10,15-16,22H,11-14,17-18H2,1H3,(H,29,32). The van der Waals surface area contributed by atoms with Gasteiger partial charge in [0.05, 0.1) is 12.1 Å². The highest BCUT2D eigenvalue weighted by atomic mass is 19.1. The number of carbonyl (C=O) groups excluding carboxylic acids is 1. The molecular weight excluding hydrogens is 417 g/mol. The SMILES string of the molecule is Cc1cc2c(cc(C(=O)NC3CCN(Cc4ccccc4)CC3)n2Cc2ccccc2F)o1. The van der Waals surface area contributed by atoms with Crippen molar-refractivity contribution in [2.24, 2.45) is 0 Å². The Balaban J connectivity index is 1.29. The number of nitrogens with zero attached hydrogens (tertiary/aromatic N) is 2. The molecule has 1 amide bonds. The molecule has 0 spiro atoms. The second-order valence-electron chi connectivity index (χ2n) is 8.82. The fourth-order valence-corrected chi connectivity index (χ4v) is 4.66. The largest absolute Gasteiger partial charge is 0.460 e. The second kappa shape index (κ2) is 9.24. The minimum atomic E-state index is -0.281. The first-order chi connectivity index (χ1) is 16.1. The molecule has 2 aromatic heterocycles. The molecule has 33 heavy (non-hydrogen) atoms. The van der Waals surface area contributed by atoms with Gasteiger partial charge >= 0.3 is 0 Å². The third-order valence-electron chi connectivity index (χ3n) is 6.40. The van der Waals surface area contributed by atoms with E-state index in [2.05, 4.69) is 34.5 Å². The minimum absolute atomic E-state index is 0.120. The molecule has 5 nitrogen and oxygen atoms in total. The molecule has 1 aliphatic heterocycles. The van der Waals surface area contributed by atoms with Gasteiger partial charge < -0.3 is 14.3 Å². The number of hydrogen-bond donors (Lipinski definition) is 1. The molecule has 4 aromatic rings. The number of aryl methyl sites for hydroxylation is 1. The fourth-order valence-electron chi connectivity index (χ4n) is 4.66. The van der Waals surface area contributed by atoms with Crippen LogP contribution in [0.3, 0.4) is 0 Å². The molecule has 0 bridgehead atoms. The average molecular weight is 446 g/mol. The van der Waals surface area contributed by atoms with Crippen molar-refractivity contribution in [3.63, 3.8) is 0 Å². The van der Waals surface area contributed by atoms with Crippen LogP contribution >= 0.6 is 0 Å². The number of rotatable bonds is 6. The molecule has 1 saturated heterocycles. The van der Waals surface area contributed by atoms with Crippen molar-refractivity contribution >= 4 is 17.0 Å². The number of amides is 1. The molecule has 170 valence electrons. The van der Waals surface area contributed by atoms with Gasteiger partial charge in [0.2, 0.25) is 0 Å². The summed E-state index contributed by atoms with van der Waals surface area (Å²) in [5.41, 5.74) is 3.80. The van der Waals surface area contributed by atoms with Crippen LogP contribution in [0.5, 0.6) is 0 Å². The molecule has 6 heteroatoms. The normalized spacial score (nSPS) is 15.2. The van der Waals surface area contributed by atoms with Crippen LogP contribution in [-0.4, -0.2) is 34.5 Å². The summed E-state index contributed by atoms with van der Waals surface area (Å²) in [4.78, 5) is 15.7. The number of benzene rings is 2. The highest BCUT2D eigenvalue weighted by molar-refractivity contribution is 5.97. The van der Waals surface area contributed by atoms with Crippen molar-refractivity contribution in [3.05, 3.63) is 95.1 Å². The van der Waals surface area contributed by atoms with Gasteiger partial charge in [-0.2, -0.15) is 0 Å². The molecule has 0 unspecified atom stereocenters. The van der Waals surface area contributed by atoms with Gasteiger partial charge in [-0.3, -0.25) is 9.69 Å². The topological polar surface area (TPSA) is 50.4 Å². The second-order valence-corrected chi connectivity index (χ2v) is 8.82. The predicted molar refractivity (Wildman–Crippen MR) is 127 cm³/mol. The van der Waals surface area contributed by atoms with Gasteiger partial charge in [0.15, 0.2) is 5.58 Å². The number of likely N-dealkylation sites (tertiary alicyclic amines) is 1. The number of nitrogens with one attached hydrogen (secondary N) is 1. The van der Waals surface area contributed by atoms with Crippen LogP contribution < -0.4 is 5.32 Å². The van der Waals surface area contributed by atoms with E-state index in [4.69, 9.17) is 4.42 Å². The Morgan fingerprint density at radius 1 is 1.03 bits per heavy atom. The van der Waals surface area contributed by atoms with Crippen molar-refractivity contribution in [1.29, 1.82) is 0 Å². The lowest BCUT2D eigenvalue weighted by atomic mass is 10.0. The first-order valence-electron chi connectivity index (χ1n) is 11.5. The molecule has 5 rings (SSSR count). The van der Waals surface area contributed by atoms with Gasteiger partial charge in [0.25, 0.3) is 5.91 Å². The maximum Gasteiger partial charge on any atom is 0.268 e. The maximum absolute atomic E-state index is 14.3. The number of hydrogen-bond acceptors (Lipinski definition) is 3. The Morgan fingerprint density at radius 3 is 2.52 bits per heavy atom. The highest BCUT2D eigenvalue weighted by Crippen LogP contribution is 2.26. The number of aromatic nitrogens is 1. The zero-order valence-corrected chi connectivity index (χ0v) is 18.8. The smallest absolute Gasteiger partial charge is 0.268 e. The number of halogens is 1. The molecular formula is C27H28FN3O2. The van der Waals surface area contributed by atoms with E-state index in [-0.39, 0.29) is 24.3 Å². The Bertz CT molecular complexity index is 1250. The molecule has 1 aliphatic rings. The summed E-state index contributed by atoms with van der Waals surface area (Å²) in [6.07, 6.45) is 1.81. The molecule has 0 atom stereocenters. The van der Waals surface area contributed by atoms with E-state index in [0.717, 1.165) is 43.8 Å². The predicted octanol–water partition coefficient (Wildman–Crippen LogP) is 5.12. The van der Waals surface area contributed by atoms with Crippen molar-refractivity contribution < 1.29 is 13.6 Å². The quantitative estimate of drug-likeness (QED) is 0.448. The lowest BCUT2D eigenvalue weighted by Gasteiger charge is -2.32. The number of fused-ring (bicyclic) bond motifs is 1. The van der Waals surface area contributed by atoms with Gasteiger partial charge in [-0.15, -0.1) is 0 Å². The van der Waals surface area contributed by atoms with Crippen LogP contribution in [-0.2, 0) is 13.1 Å². The van der Waals surface area contributed by atoms with E-state index in [0.29, 0.717) is 16.8 Å². The van der Waals surface area contributed by atoms with Crippen LogP contribution in [0, 0.1) is 12.7 Å². The average Bonchev–Trinajstić information content (AvgIpc) is 3.34. The van der Waals surface area contributed by atoms with Gasteiger partial charge in [-0.1, -0.05) is 48.5 Å². The monoisotopic (exact) mass is 445 g/mol. The van der Waals surface area contributed by atoms with Crippen molar-refractivity contribution in [2.75, 3.05) is 13.1 Å². The van der Waals surface area contributed by atoms with E-state index in [9.17, 15) is 9.18 Å². The minimum Gasteiger partial charge on any atom is -0.460 e. The van der Waals surface area contributed by atoms with Crippen molar-refractivity contribution in [1.82, 2.24) is 14.8 Å². The van der Waals surface area contributed by atoms with Crippen LogP contribution in [0.1, 0.15) is 40.2 Å². The summed E-state index contributed by atoms with van der Waals surface area (Å²) < 4.78 is 22.0. The molecule has 3 heterocycles. The molecule has 1 fully saturated rings. The summed E-state index contributed by atoms with van der Waals surface area (Å²) in [5.74, 6) is 0.341. The first-order valence-corrected chi connectivity index (χ1v) is 11.5. The lowest BCUT2D eigenvalue weighted by Crippen LogP contribution is -2.44. The van der Waals surface area contributed by atoms with Crippen molar-refractivity contribution in [2.45, 2.75) is 38.9 Å². The van der Waals surface area contributed by atoms with E-state index >= 15 is 0 Å². The van der Waals surface area contributed by atoms with Crippen LogP contribution in [0.25, 0.3) is 11.1 Å². The number of furan rings is 1. The Morgan fingerprint density at radius 2 is 1.76 bits per heavy atom. The molecule has 1 N–H and O–H groups in total. The molecule has 0 aliphatic carbocycles. The van der Waals surface area contributed by atoms with E-state index in [1.165, 1.54) is 11.6 Å². The van der Waals surface area contributed by atoms with E-state index in [1.807, 2.05) is 29.7 Å². The van der Waals surface area contributed by atoms with Crippen LogP contribution in [0.15, 0.2) is 71.1 Å². The highest BCUT2D eigenvalue weighted by Gasteiger charge is 2.24. The Hall–Kier alpha value is -3.38.